The third-order valence-electron chi connectivity index (χ3n) is 4.51. The van der Waals surface area contributed by atoms with Gasteiger partial charge in [-0.3, -0.25) is 9.78 Å². The number of hydrogen-bond donors (Lipinski definition) is 2. The molecule has 0 atom stereocenters. The predicted molar refractivity (Wildman–Crippen MR) is 108 cm³/mol. The highest BCUT2D eigenvalue weighted by molar-refractivity contribution is 5.73. The Kier molecular flexibility index (Phi) is 5.78. The van der Waals surface area contributed by atoms with Crippen molar-refractivity contribution in [3.8, 4) is 28.4 Å². The van der Waals surface area contributed by atoms with Crippen molar-refractivity contribution < 1.29 is 14.6 Å². The maximum atomic E-state index is 11.2. The van der Waals surface area contributed by atoms with Gasteiger partial charge in [0.1, 0.15) is 18.2 Å². The minimum absolute atomic E-state index is 0.109. The Hall–Kier alpha value is -3.15. The van der Waals surface area contributed by atoms with Gasteiger partial charge in [-0.1, -0.05) is 13.3 Å². The van der Waals surface area contributed by atoms with Crippen LogP contribution >= 0.6 is 0 Å². The standard InChI is InChI=1S/C22H25N3O3/c1-4-5-17-13-24-20(25-17)16-8-11-19(23-12-16)15-6-9-18(10-7-15)28-14-22(2,3)21(26)27/h6-13H,4-5,14H2,1-3H3,(H,24,25)(H,26,27). The summed E-state index contributed by atoms with van der Waals surface area (Å²) in [6.07, 6.45) is 5.74. The Morgan fingerprint density at radius 2 is 1.79 bits per heavy atom. The highest BCUT2D eigenvalue weighted by atomic mass is 16.5. The average Bonchev–Trinajstić information content (AvgIpc) is 3.16. The van der Waals surface area contributed by atoms with Crippen LogP contribution in [0.2, 0.25) is 0 Å². The van der Waals surface area contributed by atoms with E-state index in [1.165, 1.54) is 0 Å². The first kappa shape index (κ1) is 19.6. The van der Waals surface area contributed by atoms with Gasteiger partial charge in [0.15, 0.2) is 0 Å². The molecule has 146 valence electrons. The molecule has 0 radical (unpaired) electrons. The van der Waals surface area contributed by atoms with Crippen LogP contribution in [-0.4, -0.2) is 32.6 Å². The molecule has 0 saturated carbocycles. The topological polar surface area (TPSA) is 88.1 Å². The number of aromatic amines is 1. The molecule has 0 saturated heterocycles. The van der Waals surface area contributed by atoms with E-state index < -0.39 is 11.4 Å². The maximum absolute atomic E-state index is 11.2. The minimum Gasteiger partial charge on any atom is -0.492 e. The Bertz CT molecular complexity index is 928. The number of aryl methyl sites for hydroxylation is 1. The molecule has 28 heavy (non-hydrogen) atoms. The number of ether oxygens (including phenoxy) is 1. The number of H-pyrrole nitrogens is 1. The summed E-state index contributed by atoms with van der Waals surface area (Å²) in [6, 6.07) is 11.4. The van der Waals surface area contributed by atoms with E-state index in [2.05, 4.69) is 21.9 Å². The van der Waals surface area contributed by atoms with Crippen LogP contribution in [0.25, 0.3) is 22.6 Å². The van der Waals surface area contributed by atoms with Crippen LogP contribution in [0.5, 0.6) is 5.75 Å². The first-order valence-corrected chi connectivity index (χ1v) is 9.36. The second kappa shape index (κ2) is 8.25. The normalized spacial score (nSPS) is 11.4. The van der Waals surface area contributed by atoms with Gasteiger partial charge in [0, 0.05) is 29.2 Å². The van der Waals surface area contributed by atoms with Crippen LogP contribution in [0.3, 0.4) is 0 Å². The van der Waals surface area contributed by atoms with Gasteiger partial charge in [0.25, 0.3) is 0 Å². The van der Waals surface area contributed by atoms with Crippen molar-refractivity contribution in [3.63, 3.8) is 0 Å². The zero-order valence-corrected chi connectivity index (χ0v) is 16.4. The number of carbonyl (C=O) groups is 1. The molecule has 0 aliphatic rings. The van der Waals surface area contributed by atoms with Crippen LogP contribution in [0.15, 0.2) is 48.8 Å². The lowest BCUT2D eigenvalue weighted by Crippen LogP contribution is -2.30. The quantitative estimate of drug-likeness (QED) is 0.598. The number of aliphatic carboxylic acids is 1. The van der Waals surface area contributed by atoms with E-state index in [0.29, 0.717) is 5.75 Å². The number of carboxylic acids is 1. The van der Waals surface area contributed by atoms with Crippen LogP contribution in [0.1, 0.15) is 32.9 Å². The van der Waals surface area contributed by atoms with E-state index in [4.69, 9.17) is 9.84 Å². The lowest BCUT2D eigenvalue weighted by Gasteiger charge is -2.19. The Morgan fingerprint density at radius 1 is 1.07 bits per heavy atom. The van der Waals surface area contributed by atoms with Crippen molar-refractivity contribution >= 4 is 5.97 Å². The molecule has 3 rings (SSSR count). The van der Waals surface area contributed by atoms with Crippen molar-refractivity contribution in [3.05, 3.63) is 54.5 Å². The molecule has 3 aromatic rings. The first-order valence-electron chi connectivity index (χ1n) is 9.36. The molecular weight excluding hydrogens is 354 g/mol. The van der Waals surface area contributed by atoms with Crippen molar-refractivity contribution in [1.82, 2.24) is 15.0 Å². The molecule has 0 aliphatic carbocycles. The Balaban J connectivity index is 1.67. The maximum Gasteiger partial charge on any atom is 0.312 e. The fraction of sp³-hybridized carbons (Fsp3) is 0.318. The van der Waals surface area contributed by atoms with Gasteiger partial charge >= 0.3 is 5.97 Å². The predicted octanol–water partition coefficient (Wildman–Crippen LogP) is 4.58. The van der Waals surface area contributed by atoms with Crippen LogP contribution < -0.4 is 4.74 Å². The SMILES string of the molecule is CCCc1cnc(-c2ccc(-c3ccc(OCC(C)(C)C(=O)O)cc3)nc2)[nH]1. The fourth-order valence-corrected chi connectivity index (χ4v) is 2.65. The van der Waals surface area contributed by atoms with Gasteiger partial charge in [-0.15, -0.1) is 0 Å². The smallest absolute Gasteiger partial charge is 0.312 e. The second-order valence-corrected chi connectivity index (χ2v) is 7.44. The number of imidazole rings is 1. The number of hydrogen-bond acceptors (Lipinski definition) is 4. The average molecular weight is 379 g/mol. The van der Waals surface area contributed by atoms with E-state index >= 15 is 0 Å². The number of nitrogens with one attached hydrogen (secondary N) is 1. The van der Waals surface area contributed by atoms with Crippen molar-refractivity contribution in [2.24, 2.45) is 5.41 Å². The van der Waals surface area contributed by atoms with Gasteiger partial charge in [0.2, 0.25) is 0 Å². The Morgan fingerprint density at radius 3 is 2.39 bits per heavy atom. The third kappa shape index (κ3) is 4.57. The summed E-state index contributed by atoms with van der Waals surface area (Å²) < 4.78 is 5.61. The van der Waals surface area contributed by atoms with Gasteiger partial charge in [-0.05, 0) is 56.7 Å². The summed E-state index contributed by atoms with van der Waals surface area (Å²) in [4.78, 5) is 23.4. The molecule has 2 N–H and O–H groups in total. The summed E-state index contributed by atoms with van der Waals surface area (Å²) in [5.41, 5.74) is 2.95. The Labute approximate surface area is 164 Å². The van der Waals surface area contributed by atoms with E-state index in [-0.39, 0.29) is 6.61 Å². The van der Waals surface area contributed by atoms with Gasteiger partial charge in [-0.25, -0.2) is 4.98 Å². The lowest BCUT2D eigenvalue weighted by molar-refractivity contribution is -0.148. The number of benzene rings is 1. The van der Waals surface area contributed by atoms with E-state index in [0.717, 1.165) is 41.2 Å². The molecule has 2 heterocycles. The first-order chi connectivity index (χ1) is 13.4. The summed E-state index contributed by atoms with van der Waals surface area (Å²) in [5, 5.41) is 9.15. The number of carboxylic acid groups (broad SMARTS) is 1. The molecule has 0 aliphatic heterocycles. The van der Waals surface area contributed by atoms with Gasteiger partial charge in [-0.2, -0.15) is 0 Å². The molecule has 6 nitrogen and oxygen atoms in total. The number of pyridine rings is 1. The van der Waals surface area contributed by atoms with Crippen molar-refractivity contribution in [2.75, 3.05) is 6.61 Å². The lowest BCUT2D eigenvalue weighted by atomic mass is 9.95. The summed E-state index contributed by atoms with van der Waals surface area (Å²) in [6.45, 7) is 5.52. The molecular formula is C22H25N3O3. The van der Waals surface area contributed by atoms with Gasteiger partial charge in [0.05, 0.1) is 11.1 Å². The number of rotatable bonds is 8. The number of nitrogens with zero attached hydrogens (tertiary/aromatic N) is 2. The van der Waals surface area contributed by atoms with Crippen LogP contribution in [0.4, 0.5) is 0 Å². The fourth-order valence-electron chi connectivity index (χ4n) is 2.65. The zero-order chi connectivity index (χ0) is 20.1. The van der Waals surface area contributed by atoms with Crippen molar-refractivity contribution in [1.29, 1.82) is 0 Å². The van der Waals surface area contributed by atoms with E-state index in [1.54, 1.807) is 13.8 Å². The van der Waals surface area contributed by atoms with Crippen LogP contribution in [-0.2, 0) is 11.2 Å². The zero-order valence-electron chi connectivity index (χ0n) is 16.4. The van der Waals surface area contributed by atoms with E-state index in [9.17, 15) is 4.79 Å². The van der Waals surface area contributed by atoms with E-state index in [1.807, 2.05) is 48.8 Å². The number of aromatic nitrogens is 3. The summed E-state index contributed by atoms with van der Waals surface area (Å²) in [5.74, 6) is 0.577. The molecule has 1 aromatic carbocycles. The molecule has 0 amide bonds. The molecule has 2 aromatic heterocycles. The molecule has 0 spiro atoms. The molecule has 0 bridgehead atoms. The van der Waals surface area contributed by atoms with Crippen molar-refractivity contribution in [2.45, 2.75) is 33.6 Å². The molecule has 0 unspecified atom stereocenters. The van der Waals surface area contributed by atoms with Gasteiger partial charge < -0.3 is 14.8 Å². The molecule has 6 heteroatoms. The highest BCUT2D eigenvalue weighted by Crippen LogP contribution is 2.24. The highest BCUT2D eigenvalue weighted by Gasteiger charge is 2.28. The second-order valence-electron chi connectivity index (χ2n) is 7.44. The minimum atomic E-state index is -0.932. The monoisotopic (exact) mass is 379 g/mol. The van der Waals surface area contributed by atoms with Crippen LogP contribution in [0, 0.1) is 5.41 Å². The summed E-state index contributed by atoms with van der Waals surface area (Å²) in [7, 11) is 0. The third-order valence-corrected chi connectivity index (χ3v) is 4.51. The summed E-state index contributed by atoms with van der Waals surface area (Å²) >= 11 is 0. The largest absolute Gasteiger partial charge is 0.492 e. The molecule has 0 fully saturated rings.